The molecule has 21 heavy (non-hydrogen) atoms. The summed E-state index contributed by atoms with van der Waals surface area (Å²) in [6, 6.07) is 8.52. The van der Waals surface area contributed by atoms with E-state index in [0.29, 0.717) is 5.56 Å². The molecule has 0 amide bonds. The minimum Gasteiger partial charge on any atom is -0.478 e. The molecule has 0 aromatic heterocycles. The molecule has 1 aromatic carbocycles. The van der Waals surface area contributed by atoms with Gasteiger partial charge < -0.3 is 9.84 Å². The predicted molar refractivity (Wildman–Crippen MR) is 76.8 cm³/mol. The second kappa shape index (κ2) is 8.21. The molecule has 0 aliphatic rings. The van der Waals surface area contributed by atoms with Gasteiger partial charge in [-0.2, -0.15) is 0 Å². The third-order valence-electron chi connectivity index (χ3n) is 2.68. The van der Waals surface area contributed by atoms with E-state index in [9.17, 15) is 14.4 Å². The van der Waals surface area contributed by atoms with Crippen LogP contribution in [-0.2, 0) is 19.1 Å². The molecule has 0 heterocycles. The first kappa shape index (κ1) is 16.9. The maximum absolute atomic E-state index is 11.7. The Kier molecular flexibility index (Phi) is 6.62. The molecule has 1 unspecified atom stereocenters. The van der Waals surface area contributed by atoms with Gasteiger partial charge in [-0.25, -0.2) is 9.59 Å². The molecular weight excluding hydrogens is 296 g/mol. The van der Waals surface area contributed by atoms with Gasteiger partial charge >= 0.3 is 17.9 Å². The lowest BCUT2D eigenvalue weighted by molar-refractivity contribution is -0.159. The highest BCUT2D eigenvalue weighted by Crippen LogP contribution is 2.21. The van der Waals surface area contributed by atoms with Crippen molar-refractivity contribution in [2.45, 2.75) is 24.6 Å². The van der Waals surface area contributed by atoms with E-state index in [1.165, 1.54) is 0 Å². The van der Waals surface area contributed by atoms with Gasteiger partial charge in [0.2, 0.25) is 0 Å². The lowest BCUT2D eigenvalue weighted by Crippen LogP contribution is -2.16. The first-order valence-corrected chi connectivity index (χ1v) is 6.70. The van der Waals surface area contributed by atoms with Crippen molar-refractivity contribution in [1.82, 2.24) is 0 Å². The van der Waals surface area contributed by atoms with Crippen molar-refractivity contribution in [2.75, 3.05) is 0 Å². The fourth-order valence-electron chi connectivity index (χ4n) is 1.53. The summed E-state index contributed by atoms with van der Waals surface area (Å²) >= 11 is 5.91. The molecule has 1 rings (SSSR count). The highest BCUT2D eigenvalue weighted by molar-refractivity contribution is 6.30. The fourth-order valence-corrected chi connectivity index (χ4v) is 1.72. The summed E-state index contributed by atoms with van der Waals surface area (Å²) in [4.78, 5) is 33.6. The van der Waals surface area contributed by atoms with Gasteiger partial charge in [0, 0.05) is 12.0 Å². The number of hydrogen-bond acceptors (Lipinski definition) is 4. The second-order valence-electron chi connectivity index (χ2n) is 4.33. The van der Waals surface area contributed by atoms with Gasteiger partial charge in [-0.3, -0.25) is 4.79 Å². The molecule has 1 N–H and O–H groups in total. The molecule has 0 fully saturated rings. The van der Waals surface area contributed by atoms with Crippen molar-refractivity contribution in [3.8, 4) is 0 Å². The number of carboxylic acid groups (broad SMARTS) is 1. The van der Waals surface area contributed by atoms with Gasteiger partial charge in [0.1, 0.15) is 0 Å². The molecule has 6 heteroatoms. The summed E-state index contributed by atoms with van der Waals surface area (Å²) in [6.07, 6.45) is 0.327. The first-order valence-electron chi connectivity index (χ1n) is 6.26. The Bertz CT molecular complexity index is 538. The zero-order valence-electron chi connectivity index (χ0n) is 11.3. The monoisotopic (exact) mass is 310 g/mol. The number of carbonyl (C=O) groups excluding carboxylic acids is 2. The van der Waals surface area contributed by atoms with Crippen molar-refractivity contribution in [3.63, 3.8) is 0 Å². The molecule has 0 radical (unpaired) electrons. The molecule has 112 valence electrons. The number of ether oxygens (including phenoxy) is 1. The van der Waals surface area contributed by atoms with Crippen LogP contribution in [0.5, 0.6) is 0 Å². The fraction of sp³-hybridized carbons (Fsp3) is 0.267. The number of carboxylic acids is 1. The number of halogens is 1. The molecule has 0 aliphatic heterocycles. The van der Waals surface area contributed by atoms with Gasteiger partial charge in [-0.05, 0) is 18.4 Å². The quantitative estimate of drug-likeness (QED) is 0.362. The van der Waals surface area contributed by atoms with E-state index in [0.717, 1.165) is 0 Å². The predicted octanol–water partition coefficient (Wildman–Crippen LogP) is 2.85. The summed E-state index contributed by atoms with van der Waals surface area (Å²) in [7, 11) is 0. The second-order valence-corrected chi connectivity index (χ2v) is 4.77. The standard InChI is InChI=1S/C15H15ClO5/c1-10(14(18)19)6-5-9-12(17)21-15(20)13(16)11-7-3-2-4-8-11/h2-4,7-8,13H,1,5-6,9H2,(H,18,19). The number of esters is 2. The van der Waals surface area contributed by atoms with E-state index in [4.69, 9.17) is 16.7 Å². The molecular formula is C15H15ClO5. The summed E-state index contributed by atoms with van der Waals surface area (Å²) in [6.45, 7) is 3.34. The Morgan fingerprint density at radius 2 is 1.81 bits per heavy atom. The Hall–Kier alpha value is -2.14. The molecule has 5 nitrogen and oxygen atoms in total. The summed E-state index contributed by atoms with van der Waals surface area (Å²) in [5, 5.41) is 7.55. The SMILES string of the molecule is C=C(CCCC(=O)OC(=O)C(Cl)c1ccccc1)C(=O)O. The summed E-state index contributed by atoms with van der Waals surface area (Å²) in [5.41, 5.74) is 0.546. The number of benzene rings is 1. The average molecular weight is 311 g/mol. The van der Waals surface area contributed by atoms with Crippen LogP contribution >= 0.6 is 11.6 Å². The third kappa shape index (κ3) is 5.79. The Morgan fingerprint density at radius 3 is 2.38 bits per heavy atom. The zero-order valence-corrected chi connectivity index (χ0v) is 12.0. The lowest BCUT2D eigenvalue weighted by atomic mass is 10.1. The van der Waals surface area contributed by atoms with Gasteiger partial charge in [0.15, 0.2) is 5.38 Å². The molecule has 0 saturated carbocycles. The number of alkyl halides is 1. The van der Waals surface area contributed by atoms with Crippen LogP contribution in [0.4, 0.5) is 0 Å². The topological polar surface area (TPSA) is 80.7 Å². The molecule has 1 atom stereocenters. The van der Waals surface area contributed by atoms with E-state index < -0.39 is 23.3 Å². The van der Waals surface area contributed by atoms with E-state index in [-0.39, 0.29) is 24.8 Å². The van der Waals surface area contributed by atoms with Gasteiger partial charge in [0.05, 0.1) is 0 Å². The molecule has 0 aliphatic carbocycles. The van der Waals surface area contributed by atoms with Crippen LogP contribution in [0.15, 0.2) is 42.5 Å². The normalized spacial score (nSPS) is 11.5. The molecule has 0 saturated heterocycles. The maximum atomic E-state index is 11.7. The highest BCUT2D eigenvalue weighted by atomic mass is 35.5. The van der Waals surface area contributed by atoms with E-state index in [1.54, 1.807) is 30.3 Å². The van der Waals surface area contributed by atoms with Crippen LogP contribution in [0.3, 0.4) is 0 Å². The summed E-state index contributed by atoms with van der Waals surface area (Å²) < 4.78 is 4.62. The Balaban J connectivity index is 2.39. The van der Waals surface area contributed by atoms with Crippen molar-refractivity contribution < 1.29 is 24.2 Å². The van der Waals surface area contributed by atoms with Crippen LogP contribution in [0, 0.1) is 0 Å². The average Bonchev–Trinajstić information content (AvgIpc) is 2.46. The number of hydrogen-bond donors (Lipinski definition) is 1. The largest absolute Gasteiger partial charge is 0.478 e. The van der Waals surface area contributed by atoms with Gasteiger partial charge in [-0.15, -0.1) is 11.6 Å². The van der Waals surface area contributed by atoms with Crippen LogP contribution in [0.2, 0.25) is 0 Å². The van der Waals surface area contributed by atoms with E-state index in [1.807, 2.05) is 0 Å². The van der Waals surface area contributed by atoms with Crippen LogP contribution in [-0.4, -0.2) is 23.0 Å². The van der Waals surface area contributed by atoms with Crippen molar-refractivity contribution in [2.24, 2.45) is 0 Å². The molecule has 0 bridgehead atoms. The van der Waals surface area contributed by atoms with Crippen LogP contribution < -0.4 is 0 Å². The van der Waals surface area contributed by atoms with Crippen LogP contribution in [0.1, 0.15) is 30.2 Å². The van der Waals surface area contributed by atoms with Crippen molar-refractivity contribution in [3.05, 3.63) is 48.0 Å². The highest BCUT2D eigenvalue weighted by Gasteiger charge is 2.21. The Morgan fingerprint density at radius 1 is 1.19 bits per heavy atom. The maximum Gasteiger partial charge on any atom is 0.336 e. The number of carbonyl (C=O) groups is 3. The minimum absolute atomic E-state index is 0.00799. The minimum atomic E-state index is -1.11. The van der Waals surface area contributed by atoms with Crippen molar-refractivity contribution >= 4 is 29.5 Å². The smallest absolute Gasteiger partial charge is 0.336 e. The first-order chi connectivity index (χ1) is 9.91. The van der Waals surface area contributed by atoms with Gasteiger partial charge in [0.25, 0.3) is 0 Å². The Labute approximate surface area is 127 Å². The number of rotatable bonds is 7. The summed E-state index contributed by atoms with van der Waals surface area (Å²) in [5.74, 6) is -2.69. The van der Waals surface area contributed by atoms with Crippen molar-refractivity contribution in [1.29, 1.82) is 0 Å². The zero-order chi connectivity index (χ0) is 15.8. The molecule has 1 aromatic rings. The van der Waals surface area contributed by atoms with E-state index in [2.05, 4.69) is 11.3 Å². The van der Waals surface area contributed by atoms with E-state index >= 15 is 0 Å². The molecule has 0 spiro atoms. The third-order valence-corrected chi connectivity index (χ3v) is 3.11. The van der Waals surface area contributed by atoms with Gasteiger partial charge in [-0.1, -0.05) is 36.9 Å². The lowest BCUT2D eigenvalue weighted by Gasteiger charge is -2.08. The number of aliphatic carboxylic acids is 1. The van der Waals surface area contributed by atoms with Crippen LogP contribution in [0.25, 0.3) is 0 Å².